The van der Waals surface area contributed by atoms with Crippen molar-refractivity contribution in [3.63, 3.8) is 0 Å². The highest BCUT2D eigenvalue weighted by atomic mass is 19.3. The molecule has 0 radical (unpaired) electrons. The van der Waals surface area contributed by atoms with Crippen LogP contribution in [0.2, 0.25) is 0 Å². The van der Waals surface area contributed by atoms with E-state index in [9.17, 15) is 13.6 Å². The van der Waals surface area contributed by atoms with Crippen molar-refractivity contribution in [1.29, 1.82) is 0 Å². The molecule has 0 aliphatic carbocycles. The van der Waals surface area contributed by atoms with Gasteiger partial charge in [0.2, 0.25) is 0 Å². The van der Waals surface area contributed by atoms with Crippen molar-refractivity contribution in [2.75, 3.05) is 0 Å². The summed E-state index contributed by atoms with van der Waals surface area (Å²) >= 11 is 0. The van der Waals surface area contributed by atoms with Crippen LogP contribution < -0.4 is 0 Å². The van der Waals surface area contributed by atoms with Crippen LogP contribution in [-0.2, 0) is 4.74 Å². The van der Waals surface area contributed by atoms with Crippen LogP contribution >= 0.6 is 0 Å². The number of ether oxygens (including phenoxy) is 1. The topological polar surface area (TPSA) is 26.3 Å². The van der Waals surface area contributed by atoms with Gasteiger partial charge in [-0.2, -0.15) is 8.78 Å². The summed E-state index contributed by atoms with van der Waals surface area (Å²) in [4.78, 5) is 12.0. The lowest BCUT2D eigenvalue weighted by Crippen LogP contribution is -2.28. The Balaban J connectivity index is 2.29. The van der Waals surface area contributed by atoms with Gasteiger partial charge in [-0.1, -0.05) is 55.1 Å². The maximum atomic E-state index is 14.0. The summed E-state index contributed by atoms with van der Waals surface area (Å²) in [6.45, 7) is 3.12. The van der Waals surface area contributed by atoms with Crippen molar-refractivity contribution in [2.24, 2.45) is 0 Å². The molecule has 1 atom stereocenters. The van der Waals surface area contributed by atoms with Crippen LogP contribution in [0.3, 0.4) is 0 Å². The molecule has 0 saturated heterocycles. The van der Waals surface area contributed by atoms with E-state index in [1.807, 2.05) is 0 Å². The Kier molecular flexibility index (Phi) is 4.48. The molecule has 0 bridgehead atoms. The van der Waals surface area contributed by atoms with Gasteiger partial charge in [-0.15, -0.1) is 0 Å². The number of halogens is 2. The van der Waals surface area contributed by atoms with Crippen molar-refractivity contribution >= 4 is 5.97 Å². The Morgan fingerprint density at radius 2 is 1.57 bits per heavy atom. The maximum absolute atomic E-state index is 14.0. The van der Waals surface area contributed by atoms with E-state index in [1.54, 1.807) is 36.4 Å². The first-order chi connectivity index (χ1) is 10.0. The number of hydrogen-bond acceptors (Lipinski definition) is 2. The Morgan fingerprint density at radius 1 is 1.05 bits per heavy atom. The lowest BCUT2D eigenvalue weighted by molar-refractivity contribution is -0.0837. The molecular formula is C17H14F2O2. The molecule has 1 unspecified atom stereocenters. The second-order valence-corrected chi connectivity index (χ2v) is 4.44. The Morgan fingerprint density at radius 3 is 2.10 bits per heavy atom. The molecule has 0 amide bonds. The first-order valence-corrected chi connectivity index (χ1v) is 6.37. The van der Waals surface area contributed by atoms with E-state index >= 15 is 0 Å². The monoisotopic (exact) mass is 288 g/mol. The molecule has 0 aliphatic rings. The third-order valence-corrected chi connectivity index (χ3v) is 2.96. The number of benzene rings is 2. The molecule has 108 valence electrons. The van der Waals surface area contributed by atoms with Gasteiger partial charge in [0, 0.05) is 0 Å². The fraction of sp³-hybridized carbons (Fsp3) is 0.118. The van der Waals surface area contributed by atoms with Crippen molar-refractivity contribution in [3.8, 4) is 0 Å². The van der Waals surface area contributed by atoms with E-state index < -0.39 is 18.0 Å². The van der Waals surface area contributed by atoms with Gasteiger partial charge < -0.3 is 4.74 Å². The molecule has 0 heterocycles. The maximum Gasteiger partial charge on any atom is 0.338 e. The van der Waals surface area contributed by atoms with Crippen LogP contribution in [0.5, 0.6) is 0 Å². The van der Waals surface area contributed by atoms with Crippen LogP contribution in [0.25, 0.3) is 0 Å². The zero-order valence-corrected chi connectivity index (χ0v) is 11.2. The smallest absolute Gasteiger partial charge is 0.338 e. The van der Waals surface area contributed by atoms with Crippen LogP contribution in [0.15, 0.2) is 73.3 Å². The van der Waals surface area contributed by atoms with Gasteiger partial charge in [0.05, 0.1) is 5.56 Å². The molecule has 2 nitrogen and oxygen atoms in total. The molecule has 2 aromatic carbocycles. The molecule has 0 aliphatic heterocycles. The van der Waals surface area contributed by atoms with Gasteiger partial charge in [-0.05, 0) is 23.8 Å². The SMILES string of the molecule is C=CC(F)(F)C(OC(=O)c1ccccc1)c1ccccc1. The molecule has 21 heavy (non-hydrogen) atoms. The first kappa shape index (κ1) is 14.9. The third-order valence-electron chi connectivity index (χ3n) is 2.96. The highest BCUT2D eigenvalue weighted by Crippen LogP contribution is 2.36. The number of esters is 1. The van der Waals surface area contributed by atoms with E-state index in [-0.39, 0.29) is 11.1 Å². The Bertz CT molecular complexity index is 609. The first-order valence-electron chi connectivity index (χ1n) is 6.37. The average Bonchev–Trinajstić information content (AvgIpc) is 2.54. The third kappa shape index (κ3) is 3.54. The number of hydrogen-bond donors (Lipinski definition) is 0. The lowest BCUT2D eigenvalue weighted by Gasteiger charge is -2.24. The minimum atomic E-state index is -3.36. The molecule has 0 N–H and O–H groups in total. The minimum Gasteiger partial charge on any atom is -0.447 e. The zero-order chi connectivity index (χ0) is 15.3. The average molecular weight is 288 g/mol. The number of alkyl halides is 2. The van der Waals surface area contributed by atoms with Gasteiger partial charge in [0.1, 0.15) is 0 Å². The molecule has 4 heteroatoms. The molecule has 2 aromatic rings. The Hall–Kier alpha value is -2.49. The van der Waals surface area contributed by atoms with E-state index in [2.05, 4.69) is 6.58 Å². The second-order valence-electron chi connectivity index (χ2n) is 4.44. The Labute approximate surface area is 121 Å². The standard InChI is InChI=1S/C17H14F2O2/c1-2-17(18,19)15(13-9-5-3-6-10-13)21-16(20)14-11-7-4-8-12-14/h2-12,15H,1H2. The summed E-state index contributed by atoms with van der Waals surface area (Å²) < 4.78 is 33.0. The summed E-state index contributed by atoms with van der Waals surface area (Å²) in [5.41, 5.74) is 0.435. The highest BCUT2D eigenvalue weighted by Gasteiger charge is 2.40. The molecule has 0 aromatic heterocycles. The molecule has 2 rings (SSSR count). The normalized spacial score (nSPS) is 12.5. The lowest BCUT2D eigenvalue weighted by atomic mass is 10.0. The summed E-state index contributed by atoms with van der Waals surface area (Å²) in [6, 6.07) is 15.9. The quantitative estimate of drug-likeness (QED) is 0.602. The van der Waals surface area contributed by atoms with Crippen LogP contribution in [0.1, 0.15) is 22.0 Å². The van der Waals surface area contributed by atoms with Crippen molar-refractivity contribution in [3.05, 3.63) is 84.4 Å². The van der Waals surface area contributed by atoms with Crippen molar-refractivity contribution < 1.29 is 18.3 Å². The zero-order valence-electron chi connectivity index (χ0n) is 11.2. The van der Waals surface area contributed by atoms with E-state index in [4.69, 9.17) is 4.74 Å². The van der Waals surface area contributed by atoms with Gasteiger partial charge >= 0.3 is 11.9 Å². The molecule has 0 saturated carbocycles. The summed E-state index contributed by atoms with van der Waals surface area (Å²) in [7, 11) is 0. The second kappa shape index (κ2) is 6.31. The predicted molar refractivity (Wildman–Crippen MR) is 76.2 cm³/mol. The van der Waals surface area contributed by atoms with Crippen molar-refractivity contribution in [2.45, 2.75) is 12.0 Å². The van der Waals surface area contributed by atoms with Gasteiger partial charge in [-0.25, -0.2) is 4.79 Å². The van der Waals surface area contributed by atoms with E-state index in [1.165, 1.54) is 24.3 Å². The fourth-order valence-corrected chi connectivity index (χ4v) is 1.85. The minimum absolute atomic E-state index is 0.215. The number of rotatable bonds is 5. The number of carbonyl (C=O) groups is 1. The van der Waals surface area contributed by atoms with Crippen molar-refractivity contribution in [1.82, 2.24) is 0 Å². The van der Waals surface area contributed by atoms with Crippen LogP contribution in [-0.4, -0.2) is 11.9 Å². The van der Waals surface area contributed by atoms with Gasteiger partial charge in [0.15, 0.2) is 6.10 Å². The molecular weight excluding hydrogens is 274 g/mol. The number of carbonyl (C=O) groups excluding carboxylic acids is 1. The molecule has 0 spiro atoms. The van der Waals surface area contributed by atoms with Crippen LogP contribution in [0, 0.1) is 0 Å². The predicted octanol–water partition coefficient (Wildman–Crippen LogP) is 4.41. The van der Waals surface area contributed by atoms with Gasteiger partial charge in [0.25, 0.3) is 0 Å². The van der Waals surface area contributed by atoms with Crippen LogP contribution in [0.4, 0.5) is 8.78 Å². The molecule has 0 fully saturated rings. The van der Waals surface area contributed by atoms with Gasteiger partial charge in [-0.3, -0.25) is 0 Å². The van der Waals surface area contributed by atoms with E-state index in [0.717, 1.165) is 0 Å². The van der Waals surface area contributed by atoms with E-state index in [0.29, 0.717) is 6.08 Å². The summed E-state index contributed by atoms with van der Waals surface area (Å²) in [6.07, 6.45) is -1.22. The fourth-order valence-electron chi connectivity index (χ4n) is 1.85. The highest BCUT2D eigenvalue weighted by molar-refractivity contribution is 5.89. The largest absolute Gasteiger partial charge is 0.447 e. The summed E-state index contributed by atoms with van der Waals surface area (Å²) in [5, 5.41) is 0. The summed E-state index contributed by atoms with van der Waals surface area (Å²) in [5.74, 6) is -4.16.